The third-order valence-electron chi connectivity index (χ3n) is 3.64. The first-order valence-electron chi connectivity index (χ1n) is 7.25. The monoisotopic (exact) mass is 356 g/mol. The first-order chi connectivity index (χ1) is 11.8. The molecule has 9 heteroatoms. The summed E-state index contributed by atoms with van der Waals surface area (Å²) < 4.78 is 22.8. The second kappa shape index (κ2) is 6.11. The summed E-state index contributed by atoms with van der Waals surface area (Å²) in [4.78, 5) is 12.6. The van der Waals surface area contributed by atoms with Crippen LogP contribution in [0.15, 0.2) is 47.5 Å². The third-order valence-corrected chi connectivity index (χ3v) is 4.57. The Balaban J connectivity index is 2.20. The van der Waals surface area contributed by atoms with Crippen LogP contribution in [0.3, 0.4) is 0 Å². The molecule has 6 N–H and O–H groups in total. The molecule has 8 nitrogen and oxygen atoms in total. The van der Waals surface area contributed by atoms with Crippen molar-refractivity contribution in [2.45, 2.75) is 11.8 Å². The van der Waals surface area contributed by atoms with E-state index >= 15 is 0 Å². The van der Waals surface area contributed by atoms with Crippen LogP contribution in [0.4, 0.5) is 11.8 Å². The summed E-state index contributed by atoms with van der Waals surface area (Å²) in [5.41, 5.74) is 14.9. The molecule has 3 rings (SSSR count). The Labute approximate surface area is 144 Å². The van der Waals surface area contributed by atoms with Crippen molar-refractivity contribution in [2.24, 2.45) is 5.14 Å². The van der Waals surface area contributed by atoms with Gasteiger partial charge in [-0.05, 0) is 31.2 Å². The maximum Gasteiger partial charge on any atom is 0.238 e. The Morgan fingerprint density at radius 2 is 1.56 bits per heavy atom. The number of sulfonamides is 1. The maximum atomic E-state index is 11.4. The molecule has 0 bridgehead atoms. The molecular formula is C16H16N6O2S. The van der Waals surface area contributed by atoms with Crippen LogP contribution in [-0.4, -0.2) is 23.4 Å². The summed E-state index contributed by atoms with van der Waals surface area (Å²) in [6.07, 6.45) is 1.62. The van der Waals surface area contributed by atoms with Gasteiger partial charge in [0, 0.05) is 22.9 Å². The average Bonchev–Trinajstić information content (AvgIpc) is 2.55. The number of nitrogen functional groups attached to an aromatic ring is 2. The molecule has 128 valence electrons. The van der Waals surface area contributed by atoms with Gasteiger partial charge >= 0.3 is 0 Å². The molecule has 0 radical (unpaired) electrons. The highest BCUT2D eigenvalue weighted by Crippen LogP contribution is 2.33. The fraction of sp³-hybridized carbons (Fsp3) is 0.0625. The van der Waals surface area contributed by atoms with Crippen molar-refractivity contribution in [3.63, 3.8) is 0 Å². The van der Waals surface area contributed by atoms with Crippen molar-refractivity contribution in [3.05, 3.63) is 48.3 Å². The minimum atomic E-state index is -3.77. The van der Waals surface area contributed by atoms with Crippen molar-refractivity contribution in [1.29, 1.82) is 0 Å². The molecule has 25 heavy (non-hydrogen) atoms. The number of nitrogens with two attached hydrogens (primary N) is 3. The Bertz CT molecular complexity index is 1030. The first-order valence-corrected chi connectivity index (χ1v) is 8.79. The summed E-state index contributed by atoms with van der Waals surface area (Å²) in [6, 6.07) is 9.57. The number of benzene rings is 1. The SMILES string of the molecule is Cc1nc(N)nc(-c2ccc(S(N)(=O)=O)cc2)c1-c1ccc(N)nc1. The summed E-state index contributed by atoms with van der Waals surface area (Å²) in [5.74, 6) is 0.520. The smallest absolute Gasteiger partial charge is 0.238 e. The molecule has 0 saturated heterocycles. The van der Waals surface area contributed by atoms with Crippen LogP contribution in [-0.2, 0) is 10.0 Å². The zero-order valence-electron chi connectivity index (χ0n) is 13.3. The maximum absolute atomic E-state index is 11.4. The molecule has 2 heterocycles. The zero-order chi connectivity index (χ0) is 18.2. The molecule has 0 aliphatic carbocycles. The van der Waals surface area contributed by atoms with Crippen molar-refractivity contribution in [1.82, 2.24) is 15.0 Å². The van der Waals surface area contributed by atoms with Gasteiger partial charge in [-0.2, -0.15) is 0 Å². The molecule has 0 unspecified atom stereocenters. The number of nitrogens with zero attached hydrogens (tertiary/aromatic N) is 3. The van der Waals surface area contributed by atoms with Gasteiger partial charge in [0.1, 0.15) is 5.82 Å². The number of primary sulfonamides is 1. The minimum absolute atomic E-state index is 0.0192. The largest absolute Gasteiger partial charge is 0.384 e. The van der Waals surface area contributed by atoms with Gasteiger partial charge in [0.05, 0.1) is 16.3 Å². The van der Waals surface area contributed by atoms with Gasteiger partial charge < -0.3 is 11.5 Å². The van der Waals surface area contributed by atoms with Crippen LogP contribution >= 0.6 is 0 Å². The average molecular weight is 356 g/mol. The van der Waals surface area contributed by atoms with Crippen LogP contribution < -0.4 is 16.6 Å². The lowest BCUT2D eigenvalue weighted by Crippen LogP contribution is -2.11. The van der Waals surface area contributed by atoms with Gasteiger partial charge in [-0.3, -0.25) is 0 Å². The van der Waals surface area contributed by atoms with Crippen molar-refractivity contribution >= 4 is 21.8 Å². The van der Waals surface area contributed by atoms with Gasteiger partial charge in [0.15, 0.2) is 0 Å². The van der Waals surface area contributed by atoms with E-state index in [9.17, 15) is 8.42 Å². The summed E-state index contributed by atoms with van der Waals surface area (Å²) in [5, 5.41) is 5.14. The standard InChI is InChI=1S/C16H16N6O2S/c1-9-14(11-4-7-13(17)20-8-11)15(22-16(18)21-9)10-2-5-12(6-3-10)25(19,23)24/h2-8H,1H3,(H2,17,20)(H2,18,21,22)(H2,19,23,24). The molecule has 0 aliphatic rings. The Morgan fingerprint density at radius 1 is 0.920 bits per heavy atom. The highest BCUT2D eigenvalue weighted by molar-refractivity contribution is 7.89. The van der Waals surface area contributed by atoms with Gasteiger partial charge in [-0.25, -0.2) is 28.5 Å². The van der Waals surface area contributed by atoms with Gasteiger partial charge in [0.2, 0.25) is 16.0 Å². The van der Waals surface area contributed by atoms with Crippen molar-refractivity contribution in [3.8, 4) is 22.4 Å². The van der Waals surface area contributed by atoms with Gasteiger partial charge in [0.25, 0.3) is 0 Å². The normalized spacial score (nSPS) is 11.4. The fourth-order valence-electron chi connectivity index (χ4n) is 2.50. The molecule has 3 aromatic rings. The molecule has 0 amide bonds. The van der Waals surface area contributed by atoms with E-state index in [4.69, 9.17) is 16.6 Å². The van der Waals surface area contributed by atoms with Crippen LogP contribution in [0, 0.1) is 6.92 Å². The minimum Gasteiger partial charge on any atom is -0.384 e. The highest BCUT2D eigenvalue weighted by atomic mass is 32.2. The van der Waals surface area contributed by atoms with Crippen LogP contribution in [0.25, 0.3) is 22.4 Å². The Kier molecular flexibility index (Phi) is 4.11. The molecule has 2 aromatic heterocycles. The molecule has 0 aliphatic heterocycles. The lowest BCUT2D eigenvalue weighted by Gasteiger charge is -2.13. The predicted octanol–water partition coefficient (Wildman–Crippen LogP) is 1.33. The number of hydrogen-bond donors (Lipinski definition) is 3. The lowest BCUT2D eigenvalue weighted by atomic mass is 9.99. The topological polar surface area (TPSA) is 151 Å². The molecule has 0 spiro atoms. The molecule has 1 aromatic carbocycles. The Morgan fingerprint density at radius 3 is 2.12 bits per heavy atom. The van der Waals surface area contributed by atoms with E-state index in [1.54, 1.807) is 24.4 Å². The molecule has 0 atom stereocenters. The second-order valence-corrected chi connectivity index (χ2v) is 6.99. The number of hydrogen-bond acceptors (Lipinski definition) is 7. The van der Waals surface area contributed by atoms with E-state index in [0.717, 1.165) is 11.1 Å². The first kappa shape index (κ1) is 16.8. The Hall–Kier alpha value is -3.04. The molecule has 0 saturated carbocycles. The molecular weight excluding hydrogens is 340 g/mol. The lowest BCUT2D eigenvalue weighted by molar-refractivity contribution is 0.598. The summed E-state index contributed by atoms with van der Waals surface area (Å²) in [7, 11) is -3.77. The fourth-order valence-corrected chi connectivity index (χ4v) is 3.02. The van der Waals surface area contributed by atoms with Crippen molar-refractivity contribution in [2.75, 3.05) is 11.5 Å². The second-order valence-electron chi connectivity index (χ2n) is 5.43. The van der Waals surface area contributed by atoms with Crippen LogP contribution in [0.2, 0.25) is 0 Å². The van der Waals surface area contributed by atoms with Crippen LogP contribution in [0.1, 0.15) is 5.69 Å². The quantitative estimate of drug-likeness (QED) is 0.640. The van der Waals surface area contributed by atoms with Gasteiger partial charge in [-0.1, -0.05) is 12.1 Å². The van der Waals surface area contributed by atoms with E-state index in [2.05, 4.69) is 15.0 Å². The van der Waals surface area contributed by atoms with Gasteiger partial charge in [-0.15, -0.1) is 0 Å². The number of aromatic nitrogens is 3. The van der Waals surface area contributed by atoms with E-state index in [1.807, 2.05) is 13.0 Å². The number of pyridine rings is 1. The zero-order valence-corrected chi connectivity index (χ0v) is 14.2. The summed E-state index contributed by atoms with van der Waals surface area (Å²) >= 11 is 0. The summed E-state index contributed by atoms with van der Waals surface area (Å²) in [6.45, 7) is 1.81. The highest BCUT2D eigenvalue weighted by Gasteiger charge is 2.16. The number of aryl methyl sites for hydroxylation is 1. The number of rotatable bonds is 3. The van der Waals surface area contributed by atoms with E-state index in [0.29, 0.717) is 22.8 Å². The number of anilines is 2. The third kappa shape index (κ3) is 3.42. The van der Waals surface area contributed by atoms with Crippen LogP contribution in [0.5, 0.6) is 0 Å². The predicted molar refractivity (Wildman–Crippen MR) is 95.6 cm³/mol. The molecule has 0 fully saturated rings. The van der Waals surface area contributed by atoms with Crippen molar-refractivity contribution < 1.29 is 8.42 Å². The van der Waals surface area contributed by atoms with E-state index in [1.165, 1.54) is 12.1 Å². The van der Waals surface area contributed by atoms with E-state index < -0.39 is 10.0 Å². The van der Waals surface area contributed by atoms with E-state index in [-0.39, 0.29) is 10.8 Å².